The van der Waals surface area contributed by atoms with Crippen LogP contribution in [0.5, 0.6) is 0 Å². The Bertz CT molecular complexity index is 532. The molecule has 2 aromatic heterocycles. The van der Waals surface area contributed by atoms with E-state index in [2.05, 4.69) is 34.1 Å². The van der Waals surface area contributed by atoms with Crippen molar-refractivity contribution in [3.05, 3.63) is 35.7 Å². The Balaban J connectivity index is 2.25. The largest absolute Gasteiger partial charge is 0.313 e. The van der Waals surface area contributed by atoms with Crippen LogP contribution < -0.4 is 5.32 Å². The van der Waals surface area contributed by atoms with Gasteiger partial charge in [0.15, 0.2) is 0 Å². The smallest absolute Gasteiger partial charge is 0.235 e. The van der Waals surface area contributed by atoms with Crippen LogP contribution in [0.1, 0.15) is 37.4 Å². The van der Waals surface area contributed by atoms with E-state index in [9.17, 15) is 0 Å². The van der Waals surface area contributed by atoms with Crippen LogP contribution in [0.3, 0.4) is 0 Å². The normalized spacial score (nSPS) is 10.9. The summed E-state index contributed by atoms with van der Waals surface area (Å²) in [5.41, 5.74) is 2.16. The molecule has 0 atom stereocenters. The molecule has 0 bridgehead atoms. The number of aromatic nitrogens is 4. The lowest BCUT2D eigenvalue weighted by atomic mass is 10.2. The van der Waals surface area contributed by atoms with Gasteiger partial charge in [-0.15, -0.1) is 0 Å². The van der Waals surface area contributed by atoms with E-state index < -0.39 is 0 Å². The number of hydrogen-bond donors (Lipinski definition) is 1. The molecule has 102 valence electrons. The molecule has 0 saturated heterocycles. The second kappa shape index (κ2) is 6.43. The molecule has 0 radical (unpaired) electrons. The van der Waals surface area contributed by atoms with Gasteiger partial charge in [0.1, 0.15) is 5.82 Å². The lowest BCUT2D eigenvalue weighted by Crippen LogP contribution is -2.15. The maximum atomic E-state index is 4.58. The molecule has 0 aliphatic heterocycles. The van der Waals surface area contributed by atoms with Crippen LogP contribution in [0.25, 0.3) is 5.95 Å². The molecule has 2 heterocycles. The Morgan fingerprint density at radius 2 is 2.11 bits per heavy atom. The minimum atomic E-state index is 0.707. The fourth-order valence-corrected chi connectivity index (χ4v) is 1.95. The van der Waals surface area contributed by atoms with Gasteiger partial charge in [-0.1, -0.05) is 13.8 Å². The summed E-state index contributed by atoms with van der Waals surface area (Å²) in [6.07, 6.45) is 7.62. The van der Waals surface area contributed by atoms with Crippen molar-refractivity contribution in [2.24, 2.45) is 0 Å². The van der Waals surface area contributed by atoms with Crippen molar-refractivity contribution in [1.82, 2.24) is 24.8 Å². The predicted octanol–water partition coefficient (Wildman–Crippen LogP) is 2.03. The van der Waals surface area contributed by atoms with Crippen molar-refractivity contribution >= 4 is 0 Å². The first kappa shape index (κ1) is 13.7. The summed E-state index contributed by atoms with van der Waals surface area (Å²) in [7, 11) is 0. The molecule has 0 aliphatic rings. The lowest BCUT2D eigenvalue weighted by molar-refractivity contribution is 0.710. The molecule has 0 saturated carbocycles. The van der Waals surface area contributed by atoms with Gasteiger partial charge in [-0.05, 0) is 19.9 Å². The van der Waals surface area contributed by atoms with Crippen LogP contribution in [0, 0.1) is 6.92 Å². The van der Waals surface area contributed by atoms with Crippen LogP contribution in [0.2, 0.25) is 0 Å². The molecular weight excluding hydrogens is 238 g/mol. The van der Waals surface area contributed by atoms with Crippen LogP contribution in [-0.2, 0) is 13.0 Å². The third-order valence-corrected chi connectivity index (χ3v) is 3.04. The molecule has 0 fully saturated rings. The van der Waals surface area contributed by atoms with Crippen molar-refractivity contribution in [1.29, 1.82) is 0 Å². The molecule has 5 nitrogen and oxygen atoms in total. The van der Waals surface area contributed by atoms with E-state index >= 15 is 0 Å². The van der Waals surface area contributed by atoms with Gasteiger partial charge < -0.3 is 5.32 Å². The zero-order chi connectivity index (χ0) is 13.7. The van der Waals surface area contributed by atoms with Crippen LogP contribution >= 0.6 is 0 Å². The monoisotopic (exact) mass is 259 g/mol. The van der Waals surface area contributed by atoms with E-state index in [-0.39, 0.29) is 0 Å². The standard InChI is InChI=1S/C14H21N5/c1-4-6-13-16-7-8-19(13)14-17-10-12(9-15-5-2)11(3)18-14/h7-8,10,15H,4-6,9H2,1-3H3. The third-order valence-electron chi connectivity index (χ3n) is 3.04. The van der Waals surface area contributed by atoms with Gasteiger partial charge in [0.05, 0.1) is 0 Å². The SMILES string of the molecule is CCCc1nccn1-c1ncc(CNCC)c(C)n1. The van der Waals surface area contributed by atoms with Crippen LogP contribution in [0.15, 0.2) is 18.6 Å². The highest BCUT2D eigenvalue weighted by atomic mass is 15.2. The predicted molar refractivity (Wildman–Crippen MR) is 75.3 cm³/mol. The Morgan fingerprint density at radius 1 is 1.26 bits per heavy atom. The average Bonchev–Trinajstić information content (AvgIpc) is 2.86. The number of rotatable bonds is 6. The highest BCUT2D eigenvalue weighted by Crippen LogP contribution is 2.10. The molecule has 0 amide bonds. The van der Waals surface area contributed by atoms with Gasteiger partial charge in [0.25, 0.3) is 0 Å². The van der Waals surface area contributed by atoms with Crippen LogP contribution in [0.4, 0.5) is 0 Å². The van der Waals surface area contributed by atoms with Gasteiger partial charge in [-0.3, -0.25) is 4.57 Å². The summed E-state index contributed by atoms with van der Waals surface area (Å²) in [6, 6.07) is 0. The molecule has 2 rings (SSSR count). The first-order chi connectivity index (χ1) is 9.26. The number of nitrogens with one attached hydrogen (secondary N) is 1. The summed E-state index contributed by atoms with van der Waals surface area (Å²) in [5.74, 6) is 1.72. The van der Waals surface area contributed by atoms with E-state index in [0.717, 1.165) is 43.0 Å². The number of aryl methyl sites for hydroxylation is 2. The molecule has 0 aromatic carbocycles. The molecule has 0 aliphatic carbocycles. The fourth-order valence-electron chi connectivity index (χ4n) is 1.95. The summed E-state index contributed by atoms with van der Waals surface area (Å²) < 4.78 is 1.97. The van der Waals surface area contributed by atoms with Gasteiger partial charge in [0.2, 0.25) is 5.95 Å². The quantitative estimate of drug-likeness (QED) is 0.862. The number of imidazole rings is 1. The van der Waals surface area contributed by atoms with Crippen molar-refractivity contribution in [3.8, 4) is 5.95 Å². The summed E-state index contributed by atoms with van der Waals surface area (Å²) in [4.78, 5) is 13.4. The van der Waals surface area contributed by atoms with Gasteiger partial charge in [-0.25, -0.2) is 15.0 Å². The maximum Gasteiger partial charge on any atom is 0.235 e. The first-order valence-electron chi connectivity index (χ1n) is 6.82. The zero-order valence-corrected chi connectivity index (χ0v) is 11.8. The summed E-state index contributed by atoms with van der Waals surface area (Å²) >= 11 is 0. The minimum Gasteiger partial charge on any atom is -0.313 e. The molecule has 1 N–H and O–H groups in total. The third kappa shape index (κ3) is 3.17. The second-order valence-corrected chi connectivity index (χ2v) is 4.52. The second-order valence-electron chi connectivity index (χ2n) is 4.52. The van der Waals surface area contributed by atoms with Gasteiger partial charge in [-0.2, -0.15) is 0 Å². The van der Waals surface area contributed by atoms with Crippen molar-refractivity contribution in [2.75, 3.05) is 6.54 Å². The Kier molecular flexibility index (Phi) is 4.63. The maximum absolute atomic E-state index is 4.58. The lowest BCUT2D eigenvalue weighted by Gasteiger charge is -2.09. The van der Waals surface area contributed by atoms with E-state index in [1.54, 1.807) is 6.20 Å². The molecular formula is C14H21N5. The molecule has 5 heteroatoms. The molecule has 19 heavy (non-hydrogen) atoms. The van der Waals surface area contributed by atoms with E-state index in [1.165, 1.54) is 0 Å². The van der Waals surface area contributed by atoms with Crippen LogP contribution in [-0.4, -0.2) is 26.1 Å². The van der Waals surface area contributed by atoms with E-state index in [1.807, 2.05) is 23.9 Å². The number of hydrogen-bond acceptors (Lipinski definition) is 4. The Labute approximate surface area is 114 Å². The molecule has 0 unspecified atom stereocenters. The van der Waals surface area contributed by atoms with E-state index in [0.29, 0.717) is 5.95 Å². The van der Waals surface area contributed by atoms with Crippen molar-refractivity contribution in [3.63, 3.8) is 0 Å². The number of nitrogens with zero attached hydrogens (tertiary/aromatic N) is 4. The highest BCUT2D eigenvalue weighted by Gasteiger charge is 2.08. The van der Waals surface area contributed by atoms with Crippen molar-refractivity contribution in [2.45, 2.75) is 40.2 Å². The summed E-state index contributed by atoms with van der Waals surface area (Å²) in [6.45, 7) is 8.02. The first-order valence-corrected chi connectivity index (χ1v) is 6.82. The molecule has 2 aromatic rings. The van der Waals surface area contributed by atoms with Crippen molar-refractivity contribution < 1.29 is 0 Å². The highest BCUT2D eigenvalue weighted by molar-refractivity contribution is 5.23. The van der Waals surface area contributed by atoms with Gasteiger partial charge in [0, 0.05) is 42.8 Å². The Hall–Kier alpha value is -1.75. The topological polar surface area (TPSA) is 55.6 Å². The van der Waals surface area contributed by atoms with E-state index in [4.69, 9.17) is 0 Å². The van der Waals surface area contributed by atoms with Gasteiger partial charge >= 0.3 is 0 Å². The minimum absolute atomic E-state index is 0.707. The average molecular weight is 259 g/mol. The summed E-state index contributed by atoms with van der Waals surface area (Å²) in [5, 5.41) is 3.29. The molecule has 0 spiro atoms. The Morgan fingerprint density at radius 3 is 2.79 bits per heavy atom. The zero-order valence-electron chi connectivity index (χ0n) is 11.8. The fraction of sp³-hybridized carbons (Fsp3) is 0.500.